The summed E-state index contributed by atoms with van der Waals surface area (Å²) in [6.45, 7) is 2.53. The summed E-state index contributed by atoms with van der Waals surface area (Å²) in [6.07, 6.45) is 17.9. The maximum absolute atomic E-state index is 12.0. The molecule has 0 bridgehead atoms. The van der Waals surface area contributed by atoms with Crippen LogP contribution in [0.15, 0.2) is 24.3 Å². The lowest BCUT2D eigenvalue weighted by Gasteiger charge is -2.10. The molecule has 0 aliphatic heterocycles. The number of carbonyl (C=O) groups excluding carboxylic acids is 1. The second-order valence-electron chi connectivity index (χ2n) is 8.54. The Bertz CT molecular complexity index is 564. The zero-order chi connectivity index (χ0) is 22.6. The van der Waals surface area contributed by atoms with Crippen LogP contribution in [0.5, 0.6) is 0 Å². The Balaban J connectivity index is 1.99. The third kappa shape index (κ3) is 14.9. The summed E-state index contributed by atoms with van der Waals surface area (Å²) < 4.78 is 4.99. The average molecular weight is 436 g/mol. The highest BCUT2D eigenvalue weighted by Gasteiger charge is 2.10. The Hall–Kier alpha value is -1.59. The molecule has 0 aliphatic carbocycles. The summed E-state index contributed by atoms with van der Waals surface area (Å²) in [5.41, 5.74) is 1.34. The summed E-state index contributed by atoms with van der Waals surface area (Å²) in [7, 11) is 0. The van der Waals surface area contributed by atoms with Crippen LogP contribution in [0, 0.1) is 0 Å². The number of ether oxygens (including phenoxy) is 1. The van der Waals surface area contributed by atoms with E-state index in [9.17, 15) is 9.90 Å². The first-order valence-corrected chi connectivity index (χ1v) is 12.5. The number of hydrogen-bond donors (Lipinski definition) is 3. The lowest BCUT2D eigenvalue weighted by Crippen LogP contribution is -2.22. The van der Waals surface area contributed by atoms with Gasteiger partial charge in [0.05, 0.1) is 12.2 Å². The van der Waals surface area contributed by atoms with Gasteiger partial charge in [0.1, 0.15) is 12.7 Å². The average Bonchev–Trinajstić information content (AvgIpc) is 2.79. The molecule has 0 amide bonds. The second-order valence-corrected chi connectivity index (χ2v) is 8.54. The van der Waals surface area contributed by atoms with Gasteiger partial charge in [0.15, 0.2) is 0 Å². The highest BCUT2D eigenvalue weighted by atomic mass is 16.5. The molecule has 0 aliphatic rings. The quantitative estimate of drug-likeness (QED) is 0.171. The number of esters is 1. The molecule has 0 saturated heterocycles. The Morgan fingerprint density at radius 3 is 2.00 bits per heavy atom. The summed E-state index contributed by atoms with van der Waals surface area (Å²) in [5.74, 6) is -0.493. The molecule has 1 unspecified atom stereocenters. The summed E-state index contributed by atoms with van der Waals surface area (Å²) in [4.78, 5) is 12.0. The van der Waals surface area contributed by atoms with Crippen LogP contribution in [0.25, 0.3) is 0 Å². The monoisotopic (exact) mass is 435 g/mol. The number of nitrogens with one attached hydrogen (secondary N) is 1. The molecule has 31 heavy (non-hydrogen) atoms. The van der Waals surface area contributed by atoms with Gasteiger partial charge in [-0.25, -0.2) is 4.79 Å². The van der Waals surface area contributed by atoms with Crippen LogP contribution in [0.1, 0.15) is 107 Å². The number of aliphatic hydroxyl groups excluding tert-OH is 2. The second kappa shape index (κ2) is 19.1. The molecule has 1 aromatic rings. The van der Waals surface area contributed by atoms with E-state index >= 15 is 0 Å². The van der Waals surface area contributed by atoms with Crippen molar-refractivity contribution in [1.82, 2.24) is 0 Å². The molecule has 0 aromatic heterocycles. The van der Waals surface area contributed by atoms with Crippen molar-refractivity contribution in [3.05, 3.63) is 29.8 Å². The van der Waals surface area contributed by atoms with Gasteiger partial charge < -0.3 is 20.3 Å². The zero-order valence-electron chi connectivity index (χ0n) is 19.6. The third-order valence-electron chi connectivity index (χ3n) is 5.58. The number of rotatable bonds is 20. The van der Waals surface area contributed by atoms with Crippen molar-refractivity contribution in [1.29, 1.82) is 0 Å². The van der Waals surface area contributed by atoms with E-state index in [0.717, 1.165) is 18.7 Å². The number of benzene rings is 1. The number of aliphatic hydroxyl groups is 2. The van der Waals surface area contributed by atoms with E-state index in [1.807, 2.05) is 12.1 Å². The van der Waals surface area contributed by atoms with Gasteiger partial charge in [-0.15, -0.1) is 0 Å². The van der Waals surface area contributed by atoms with Crippen LogP contribution < -0.4 is 5.32 Å². The Kier molecular flexibility index (Phi) is 16.9. The largest absolute Gasteiger partial charge is 0.459 e. The number of carbonyl (C=O) groups is 1. The van der Waals surface area contributed by atoms with Crippen LogP contribution in [0.4, 0.5) is 5.69 Å². The molecule has 5 heteroatoms. The first-order valence-electron chi connectivity index (χ1n) is 12.5. The van der Waals surface area contributed by atoms with Gasteiger partial charge in [0, 0.05) is 12.2 Å². The van der Waals surface area contributed by atoms with Crippen molar-refractivity contribution in [2.24, 2.45) is 0 Å². The van der Waals surface area contributed by atoms with Crippen LogP contribution in [0.2, 0.25) is 0 Å². The molecule has 3 N–H and O–H groups in total. The third-order valence-corrected chi connectivity index (χ3v) is 5.58. The van der Waals surface area contributed by atoms with Crippen molar-refractivity contribution >= 4 is 11.7 Å². The van der Waals surface area contributed by atoms with E-state index in [1.165, 1.54) is 83.5 Å². The molecule has 0 fully saturated rings. The fourth-order valence-electron chi connectivity index (χ4n) is 3.62. The van der Waals surface area contributed by atoms with Crippen molar-refractivity contribution in [3.8, 4) is 0 Å². The molecule has 178 valence electrons. The predicted molar refractivity (Wildman–Crippen MR) is 129 cm³/mol. The molecule has 5 nitrogen and oxygen atoms in total. The van der Waals surface area contributed by atoms with Crippen molar-refractivity contribution in [2.75, 3.05) is 25.1 Å². The predicted octanol–water partition coefficient (Wildman–Crippen LogP) is 6.09. The topological polar surface area (TPSA) is 78.8 Å². The van der Waals surface area contributed by atoms with Gasteiger partial charge in [0.2, 0.25) is 0 Å². The summed E-state index contributed by atoms with van der Waals surface area (Å²) >= 11 is 0. The standard InChI is InChI=1S/C26H45NO4/c1-2-3-4-5-6-7-8-9-10-11-12-13-14-15-19-27-24-18-16-17-23(20-24)26(30)31-22-25(29)21-28/h16-18,20,25,27-29H,2-15,19,21-22H2,1H3. The minimum atomic E-state index is -1.04. The summed E-state index contributed by atoms with van der Waals surface area (Å²) in [5, 5.41) is 21.4. The Morgan fingerprint density at radius 2 is 1.45 bits per heavy atom. The maximum atomic E-state index is 12.0. The van der Waals surface area contributed by atoms with E-state index in [1.54, 1.807) is 12.1 Å². The first kappa shape index (κ1) is 27.4. The molecule has 0 spiro atoms. The van der Waals surface area contributed by atoms with Gasteiger partial charge in [-0.1, -0.05) is 96.5 Å². The van der Waals surface area contributed by atoms with Gasteiger partial charge in [-0.05, 0) is 24.6 Å². The van der Waals surface area contributed by atoms with Gasteiger partial charge >= 0.3 is 5.97 Å². The van der Waals surface area contributed by atoms with Crippen LogP contribution >= 0.6 is 0 Å². The van der Waals surface area contributed by atoms with Gasteiger partial charge in [-0.2, -0.15) is 0 Å². The molecule has 0 saturated carbocycles. The van der Waals surface area contributed by atoms with E-state index in [-0.39, 0.29) is 6.61 Å². The smallest absolute Gasteiger partial charge is 0.338 e. The lowest BCUT2D eigenvalue weighted by atomic mass is 10.0. The molecular formula is C26H45NO4. The normalized spacial score (nSPS) is 12.0. The number of hydrogen-bond acceptors (Lipinski definition) is 5. The highest BCUT2D eigenvalue weighted by Crippen LogP contribution is 2.14. The minimum absolute atomic E-state index is 0.202. The van der Waals surface area contributed by atoms with Crippen LogP contribution in [-0.4, -0.2) is 42.0 Å². The lowest BCUT2D eigenvalue weighted by molar-refractivity contribution is 0.00933. The molecule has 1 atom stereocenters. The zero-order valence-corrected chi connectivity index (χ0v) is 19.6. The minimum Gasteiger partial charge on any atom is -0.459 e. The van der Waals surface area contributed by atoms with E-state index in [2.05, 4.69) is 12.2 Å². The Morgan fingerprint density at radius 1 is 0.903 bits per heavy atom. The molecule has 1 aromatic carbocycles. The van der Waals surface area contributed by atoms with Crippen molar-refractivity contribution in [3.63, 3.8) is 0 Å². The molecule has 0 radical (unpaired) electrons. The summed E-state index contributed by atoms with van der Waals surface area (Å²) in [6, 6.07) is 7.19. The van der Waals surface area contributed by atoms with E-state index in [4.69, 9.17) is 9.84 Å². The molecular weight excluding hydrogens is 390 g/mol. The van der Waals surface area contributed by atoms with Crippen LogP contribution in [-0.2, 0) is 4.74 Å². The van der Waals surface area contributed by atoms with E-state index in [0.29, 0.717) is 5.56 Å². The fourth-order valence-corrected chi connectivity index (χ4v) is 3.62. The number of anilines is 1. The SMILES string of the molecule is CCCCCCCCCCCCCCCCNc1cccc(C(=O)OCC(O)CO)c1. The number of unbranched alkanes of at least 4 members (excludes halogenated alkanes) is 13. The van der Waals surface area contributed by atoms with Crippen LogP contribution in [0.3, 0.4) is 0 Å². The van der Waals surface area contributed by atoms with Gasteiger partial charge in [-0.3, -0.25) is 0 Å². The van der Waals surface area contributed by atoms with E-state index < -0.39 is 18.7 Å². The fraction of sp³-hybridized carbons (Fsp3) is 0.731. The van der Waals surface area contributed by atoms with Crippen molar-refractivity contribution < 1.29 is 19.7 Å². The van der Waals surface area contributed by atoms with Gasteiger partial charge in [0.25, 0.3) is 0 Å². The Labute approximate surface area is 189 Å². The first-order chi connectivity index (χ1) is 15.2. The molecule has 1 rings (SSSR count). The highest BCUT2D eigenvalue weighted by molar-refractivity contribution is 5.90. The van der Waals surface area contributed by atoms with Crippen molar-refractivity contribution in [2.45, 2.75) is 103 Å². The maximum Gasteiger partial charge on any atom is 0.338 e. The molecule has 0 heterocycles.